The largest absolute Gasteiger partial charge is 0.417 e. The number of hydrogen-bond acceptors (Lipinski definition) is 4. The molecule has 1 amide bonds. The van der Waals surface area contributed by atoms with Crippen LogP contribution >= 0.6 is 0 Å². The van der Waals surface area contributed by atoms with Gasteiger partial charge in [0.15, 0.2) is 0 Å². The molecule has 2 fully saturated rings. The Labute approximate surface area is 212 Å². The Morgan fingerprint density at radius 1 is 1.00 bits per heavy atom. The lowest BCUT2D eigenvalue weighted by molar-refractivity contribution is -0.137. The van der Waals surface area contributed by atoms with Gasteiger partial charge in [0.05, 0.1) is 5.56 Å². The highest BCUT2D eigenvalue weighted by atomic mass is 19.4. The predicted molar refractivity (Wildman–Crippen MR) is 136 cm³/mol. The minimum atomic E-state index is -4.38. The number of carbonyl (C=O) groups is 1. The molecule has 8 heteroatoms. The SMILES string of the molecule is Cc1ccc(CC2CCN(CCCC(=O)N3CCC(Nc4ccc(C(F)(F)F)cn4)CC3)CC2)cc1. The standard InChI is InChI=1S/C28H37F3N4O/c1-21-4-6-22(7-5-21)19-23-10-15-34(16-11-23)14-2-3-27(36)35-17-12-25(13-18-35)33-26-9-8-24(20-32-26)28(29,30)31/h4-9,20,23,25H,2-3,10-19H2,1H3,(H,32,33). The molecule has 4 rings (SSSR count). The number of hydrogen-bond donors (Lipinski definition) is 1. The fourth-order valence-electron chi connectivity index (χ4n) is 5.21. The molecule has 1 aromatic heterocycles. The van der Waals surface area contributed by atoms with Crippen LogP contribution in [0, 0.1) is 12.8 Å². The summed E-state index contributed by atoms with van der Waals surface area (Å²) < 4.78 is 38.1. The van der Waals surface area contributed by atoms with Crippen LogP contribution < -0.4 is 5.32 Å². The molecule has 196 valence electrons. The van der Waals surface area contributed by atoms with Crippen molar-refractivity contribution < 1.29 is 18.0 Å². The van der Waals surface area contributed by atoms with Crippen LogP contribution in [-0.4, -0.2) is 59.5 Å². The van der Waals surface area contributed by atoms with E-state index < -0.39 is 11.7 Å². The van der Waals surface area contributed by atoms with E-state index in [1.54, 1.807) is 0 Å². The molecule has 0 bridgehead atoms. The van der Waals surface area contributed by atoms with Crippen molar-refractivity contribution in [2.24, 2.45) is 5.92 Å². The van der Waals surface area contributed by atoms with Crippen molar-refractivity contribution in [3.63, 3.8) is 0 Å². The van der Waals surface area contributed by atoms with E-state index in [2.05, 4.69) is 46.4 Å². The van der Waals surface area contributed by atoms with Gasteiger partial charge in [-0.25, -0.2) is 4.98 Å². The molecule has 0 spiro atoms. The van der Waals surface area contributed by atoms with Crippen molar-refractivity contribution in [3.8, 4) is 0 Å². The first kappa shape index (κ1) is 26.5. The summed E-state index contributed by atoms with van der Waals surface area (Å²) >= 11 is 0. The molecular weight excluding hydrogens is 465 g/mol. The van der Waals surface area contributed by atoms with Crippen LogP contribution in [0.4, 0.5) is 19.0 Å². The van der Waals surface area contributed by atoms with Crippen LogP contribution in [0.15, 0.2) is 42.6 Å². The van der Waals surface area contributed by atoms with Gasteiger partial charge < -0.3 is 15.1 Å². The first-order valence-corrected chi connectivity index (χ1v) is 13.1. The Morgan fingerprint density at radius 2 is 1.69 bits per heavy atom. The lowest BCUT2D eigenvalue weighted by Crippen LogP contribution is -2.42. The molecule has 2 aliphatic rings. The number of piperidine rings is 2. The van der Waals surface area contributed by atoms with Crippen molar-refractivity contribution in [1.29, 1.82) is 0 Å². The summed E-state index contributed by atoms with van der Waals surface area (Å²) in [5, 5.41) is 3.20. The average molecular weight is 503 g/mol. The van der Waals surface area contributed by atoms with Gasteiger partial charge in [-0.15, -0.1) is 0 Å². The lowest BCUT2D eigenvalue weighted by Gasteiger charge is -2.34. The Kier molecular flexibility index (Phi) is 8.88. The number of pyridine rings is 1. The van der Waals surface area contributed by atoms with Gasteiger partial charge in [-0.1, -0.05) is 29.8 Å². The summed E-state index contributed by atoms with van der Waals surface area (Å²) in [6.45, 7) is 6.65. The van der Waals surface area contributed by atoms with Crippen LogP contribution in [-0.2, 0) is 17.4 Å². The zero-order chi connectivity index (χ0) is 25.5. The van der Waals surface area contributed by atoms with Gasteiger partial charge in [0.2, 0.25) is 5.91 Å². The number of anilines is 1. The fourth-order valence-corrected chi connectivity index (χ4v) is 5.21. The molecule has 0 radical (unpaired) electrons. The lowest BCUT2D eigenvalue weighted by atomic mass is 9.90. The van der Waals surface area contributed by atoms with Crippen LogP contribution in [0.5, 0.6) is 0 Å². The topological polar surface area (TPSA) is 48.5 Å². The number of carbonyl (C=O) groups excluding carboxylic acids is 1. The molecule has 36 heavy (non-hydrogen) atoms. The highest BCUT2D eigenvalue weighted by Crippen LogP contribution is 2.29. The Hall–Kier alpha value is -2.61. The fraction of sp³-hybridized carbons (Fsp3) is 0.571. The normalized spacial score (nSPS) is 18.4. The van der Waals surface area contributed by atoms with Crippen molar-refractivity contribution in [2.75, 3.05) is 38.0 Å². The van der Waals surface area contributed by atoms with Crippen LogP contribution in [0.1, 0.15) is 55.2 Å². The number of nitrogens with zero attached hydrogens (tertiary/aromatic N) is 3. The summed E-state index contributed by atoms with van der Waals surface area (Å²) in [4.78, 5) is 21.0. The van der Waals surface area contributed by atoms with E-state index in [0.717, 1.165) is 63.5 Å². The van der Waals surface area contributed by atoms with E-state index in [4.69, 9.17) is 0 Å². The number of amides is 1. The second kappa shape index (κ2) is 12.1. The number of alkyl halides is 3. The van der Waals surface area contributed by atoms with E-state index in [1.165, 1.54) is 30.0 Å². The minimum absolute atomic E-state index is 0.111. The monoisotopic (exact) mass is 502 g/mol. The van der Waals surface area contributed by atoms with E-state index in [1.807, 2.05) is 4.90 Å². The highest BCUT2D eigenvalue weighted by Gasteiger charge is 2.31. The maximum Gasteiger partial charge on any atom is 0.417 e. The molecule has 5 nitrogen and oxygen atoms in total. The number of aryl methyl sites for hydroxylation is 1. The van der Waals surface area contributed by atoms with Gasteiger partial charge in [0.25, 0.3) is 0 Å². The number of likely N-dealkylation sites (tertiary alicyclic amines) is 2. The molecule has 0 aliphatic carbocycles. The third-order valence-electron chi connectivity index (χ3n) is 7.51. The number of nitrogens with one attached hydrogen (secondary N) is 1. The zero-order valence-corrected chi connectivity index (χ0v) is 21.1. The first-order chi connectivity index (χ1) is 17.3. The van der Waals surface area contributed by atoms with E-state index in [-0.39, 0.29) is 11.9 Å². The van der Waals surface area contributed by atoms with Crippen molar-refractivity contribution in [3.05, 3.63) is 59.3 Å². The summed E-state index contributed by atoms with van der Waals surface area (Å²) in [5.41, 5.74) is 1.99. The molecular formula is C28H37F3N4O. The quantitative estimate of drug-likeness (QED) is 0.515. The molecule has 0 atom stereocenters. The Morgan fingerprint density at radius 3 is 2.31 bits per heavy atom. The molecule has 2 saturated heterocycles. The first-order valence-electron chi connectivity index (χ1n) is 13.1. The zero-order valence-electron chi connectivity index (χ0n) is 21.1. The number of aromatic nitrogens is 1. The molecule has 0 unspecified atom stereocenters. The summed E-state index contributed by atoms with van der Waals surface area (Å²) in [6.07, 6.45) is 3.06. The minimum Gasteiger partial charge on any atom is -0.367 e. The van der Waals surface area contributed by atoms with Gasteiger partial charge >= 0.3 is 6.18 Å². The van der Waals surface area contributed by atoms with Gasteiger partial charge in [-0.2, -0.15) is 13.2 Å². The van der Waals surface area contributed by atoms with Gasteiger partial charge in [-0.05, 0) is 88.7 Å². The average Bonchev–Trinajstić information content (AvgIpc) is 2.87. The molecule has 2 aromatic rings. The maximum atomic E-state index is 12.7. The predicted octanol–water partition coefficient (Wildman–Crippen LogP) is 5.55. The Bertz CT molecular complexity index is 962. The number of benzene rings is 1. The number of halogens is 3. The van der Waals surface area contributed by atoms with Crippen LogP contribution in [0.3, 0.4) is 0 Å². The molecule has 1 N–H and O–H groups in total. The van der Waals surface area contributed by atoms with E-state index >= 15 is 0 Å². The van der Waals surface area contributed by atoms with Gasteiger partial charge in [0, 0.05) is 31.7 Å². The van der Waals surface area contributed by atoms with Crippen molar-refractivity contribution >= 4 is 11.7 Å². The van der Waals surface area contributed by atoms with Crippen LogP contribution in [0.2, 0.25) is 0 Å². The Balaban J connectivity index is 1.09. The summed E-state index contributed by atoms with van der Waals surface area (Å²) in [7, 11) is 0. The molecule has 2 aliphatic heterocycles. The van der Waals surface area contributed by atoms with E-state index in [0.29, 0.717) is 25.3 Å². The van der Waals surface area contributed by atoms with Crippen LogP contribution in [0.25, 0.3) is 0 Å². The molecule has 0 saturated carbocycles. The van der Waals surface area contributed by atoms with Gasteiger partial charge in [-0.3, -0.25) is 4.79 Å². The van der Waals surface area contributed by atoms with E-state index in [9.17, 15) is 18.0 Å². The second-order valence-corrected chi connectivity index (χ2v) is 10.3. The maximum absolute atomic E-state index is 12.7. The highest BCUT2D eigenvalue weighted by molar-refractivity contribution is 5.76. The smallest absolute Gasteiger partial charge is 0.367 e. The van der Waals surface area contributed by atoms with Gasteiger partial charge in [0.1, 0.15) is 5.82 Å². The summed E-state index contributed by atoms with van der Waals surface area (Å²) in [5.74, 6) is 1.39. The van der Waals surface area contributed by atoms with Crippen molar-refractivity contribution in [2.45, 2.75) is 64.1 Å². The van der Waals surface area contributed by atoms with Crippen molar-refractivity contribution in [1.82, 2.24) is 14.8 Å². The summed E-state index contributed by atoms with van der Waals surface area (Å²) in [6, 6.07) is 11.4. The third kappa shape index (κ3) is 7.69. The molecule has 3 heterocycles. The number of rotatable bonds is 8. The molecule has 1 aromatic carbocycles. The third-order valence-corrected chi connectivity index (χ3v) is 7.51. The second-order valence-electron chi connectivity index (χ2n) is 10.3.